The summed E-state index contributed by atoms with van der Waals surface area (Å²) in [6.45, 7) is 3.42. The average Bonchev–Trinajstić information content (AvgIpc) is 2.38. The van der Waals surface area contributed by atoms with E-state index in [0.29, 0.717) is 18.2 Å². The van der Waals surface area contributed by atoms with Crippen molar-refractivity contribution in [2.24, 2.45) is 11.7 Å². The number of rotatable bonds is 2. The van der Waals surface area contributed by atoms with Crippen LogP contribution in [0.4, 0.5) is 0 Å². The van der Waals surface area contributed by atoms with E-state index >= 15 is 0 Å². The number of aromatic nitrogens is 2. The Kier molecular flexibility index (Phi) is 3.68. The van der Waals surface area contributed by atoms with Gasteiger partial charge in [-0.05, 0) is 18.8 Å². The fourth-order valence-electron chi connectivity index (χ4n) is 2.42. The number of hydrogen-bond donors (Lipinski definition) is 1. The Bertz CT molecular complexity index is 381. The first-order valence-corrected chi connectivity index (χ1v) is 6.01. The highest BCUT2D eigenvalue weighted by atomic mass is 16.2. The van der Waals surface area contributed by atoms with Crippen molar-refractivity contribution in [3.8, 4) is 0 Å². The summed E-state index contributed by atoms with van der Waals surface area (Å²) in [7, 11) is 0. The molecule has 0 saturated carbocycles. The molecule has 0 spiro atoms. The van der Waals surface area contributed by atoms with Gasteiger partial charge in [0, 0.05) is 31.5 Å². The highest BCUT2D eigenvalue weighted by Crippen LogP contribution is 2.23. The van der Waals surface area contributed by atoms with Gasteiger partial charge in [-0.15, -0.1) is 0 Å². The van der Waals surface area contributed by atoms with Crippen LogP contribution in [0.2, 0.25) is 0 Å². The Labute approximate surface area is 101 Å². The first kappa shape index (κ1) is 12.0. The van der Waals surface area contributed by atoms with Gasteiger partial charge in [-0.2, -0.15) is 0 Å². The van der Waals surface area contributed by atoms with Crippen molar-refractivity contribution in [2.45, 2.75) is 25.8 Å². The van der Waals surface area contributed by atoms with Crippen molar-refractivity contribution in [1.82, 2.24) is 14.9 Å². The molecule has 0 aliphatic carbocycles. The van der Waals surface area contributed by atoms with Gasteiger partial charge in [-0.25, -0.2) is 4.98 Å². The molecule has 2 N–H and O–H groups in total. The molecular formula is C12H18N4O. The lowest BCUT2D eigenvalue weighted by Crippen LogP contribution is -2.51. The molecule has 1 saturated heterocycles. The second-order valence-corrected chi connectivity index (χ2v) is 4.51. The molecule has 2 unspecified atom stereocenters. The van der Waals surface area contributed by atoms with E-state index in [4.69, 9.17) is 5.73 Å². The maximum Gasteiger partial charge on any atom is 0.274 e. The topological polar surface area (TPSA) is 72.1 Å². The zero-order chi connectivity index (χ0) is 12.3. The molecule has 17 heavy (non-hydrogen) atoms. The molecule has 1 aliphatic rings. The number of nitrogens with zero attached hydrogens (tertiary/aromatic N) is 3. The van der Waals surface area contributed by atoms with Gasteiger partial charge in [-0.1, -0.05) is 6.92 Å². The second-order valence-electron chi connectivity index (χ2n) is 4.51. The van der Waals surface area contributed by atoms with E-state index in [1.165, 1.54) is 12.4 Å². The third kappa shape index (κ3) is 2.44. The molecule has 0 aromatic carbocycles. The molecule has 2 atom stereocenters. The molecule has 5 heteroatoms. The Morgan fingerprint density at radius 2 is 2.41 bits per heavy atom. The van der Waals surface area contributed by atoms with Crippen LogP contribution in [0.1, 0.15) is 30.3 Å². The summed E-state index contributed by atoms with van der Waals surface area (Å²) in [5.74, 6) is 0.398. The normalized spacial score (nSPS) is 24.7. The summed E-state index contributed by atoms with van der Waals surface area (Å²) in [5, 5.41) is 0. The molecule has 1 aromatic heterocycles. The van der Waals surface area contributed by atoms with Gasteiger partial charge < -0.3 is 10.6 Å². The lowest BCUT2D eigenvalue weighted by Gasteiger charge is -2.39. The first-order valence-electron chi connectivity index (χ1n) is 6.01. The van der Waals surface area contributed by atoms with E-state index in [1.807, 2.05) is 4.90 Å². The highest BCUT2D eigenvalue weighted by molar-refractivity contribution is 5.92. The molecule has 2 heterocycles. The molecule has 1 aromatic rings. The smallest absolute Gasteiger partial charge is 0.274 e. The lowest BCUT2D eigenvalue weighted by atomic mass is 9.90. The molecular weight excluding hydrogens is 216 g/mol. The van der Waals surface area contributed by atoms with Crippen LogP contribution in [0, 0.1) is 5.92 Å². The van der Waals surface area contributed by atoms with E-state index < -0.39 is 0 Å². The highest BCUT2D eigenvalue weighted by Gasteiger charge is 2.31. The van der Waals surface area contributed by atoms with E-state index in [9.17, 15) is 4.79 Å². The summed E-state index contributed by atoms with van der Waals surface area (Å²) >= 11 is 0. The molecule has 1 aliphatic heterocycles. The molecule has 2 rings (SSSR count). The molecule has 1 amide bonds. The third-order valence-electron chi connectivity index (χ3n) is 3.40. The van der Waals surface area contributed by atoms with E-state index in [-0.39, 0.29) is 11.9 Å². The number of hydrogen-bond acceptors (Lipinski definition) is 4. The van der Waals surface area contributed by atoms with Crippen LogP contribution in [-0.2, 0) is 0 Å². The monoisotopic (exact) mass is 234 g/mol. The van der Waals surface area contributed by atoms with Gasteiger partial charge in [0.25, 0.3) is 5.91 Å². The van der Waals surface area contributed by atoms with Crippen molar-refractivity contribution in [2.75, 3.05) is 13.1 Å². The quantitative estimate of drug-likeness (QED) is 0.816. The average molecular weight is 234 g/mol. The largest absolute Gasteiger partial charge is 0.333 e. The van der Waals surface area contributed by atoms with Crippen LogP contribution in [0.25, 0.3) is 0 Å². The number of carbonyl (C=O) groups is 1. The van der Waals surface area contributed by atoms with Gasteiger partial charge in [0.15, 0.2) is 0 Å². The summed E-state index contributed by atoms with van der Waals surface area (Å²) in [5.41, 5.74) is 6.17. The molecule has 0 radical (unpaired) electrons. The number of carbonyl (C=O) groups excluding carboxylic acids is 1. The fourth-order valence-corrected chi connectivity index (χ4v) is 2.42. The van der Waals surface area contributed by atoms with Crippen LogP contribution in [0.3, 0.4) is 0 Å². The van der Waals surface area contributed by atoms with Gasteiger partial charge in [0.2, 0.25) is 0 Å². The van der Waals surface area contributed by atoms with Crippen molar-refractivity contribution in [3.05, 3.63) is 24.3 Å². The van der Waals surface area contributed by atoms with Crippen LogP contribution in [0.15, 0.2) is 18.6 Å². The minimum Gasteiger partial charge on any atom is -0.333 e. The molecule has 5 nitrogen and oxygen atoms in total. The number of amides is 1. The fraction of sp³-hybridized carbons (Fsp3) is 0.583. The predicted octanol–water partition coefficient (Wildman–Crippen LogP) is 0.676. The van der Waals surface area contributed by atoms with Crippen LogP contribution < -0.4 is 5.73 Å². The molecule has 92 valence electrons. The number of piperidine rings is 1. The summed E-state index contributed by atoms with van der Waals surface area (Å²) in [4.78, 5) is 22.1. The van der Waals surface area contributed by atoms with Crippen molar-refractivity contribution >= 4 is 5.91 Å². The van der Waals surface area contributed by atoms with Crippen LogP contribution in [-0.4, -0.2) is 39.9 Å². The van der Waals surface area contributed by atoms with Crippen LogP contribution in [0.5, 0.6) is 0 Å². The molecule has 0 bridgehead atoms. The van der Waals surface area contributed by atoms with Crippen molar-refractivity contribution < 1.29 is 4.79 Å². The van der Waals surface area contributed by atoms with Gasteiger partial charge in [-0.3, -0.25) is 9.78 Å². The lowest BCUT2D eigenvalue weighted by molar-refractivity contribution is 0.0526. The Morgan fingerprint density at radius 1 is 1.59 bits per heavy atom. The maximum atomic E-state index is 12.3. The van der Waals surface area contributed by atoms with E-state index in [2.05, 4.69) is 16.9 Å². The van der Waals surface area contributed by atoms with Gasteiger partial charge in [0.05, 0.1) is 6.20 Å². The minimum atomic E-state index is -0.0555. The summed E-state index contributed by atoms with van der Waals surface area (Å²) in [6, 6.07) is 0.123. The Hall–Kier alpha value is -1.49. The Balaban J connectivity index is 2.18. The van der Waals surface area contributed by atoms with E-state index in [0.717, 1.165) is 19.4 Å². The zero-order valence-electron chi connectivity index (χ0n) is 10.0. The standard InChI is InChI=1S/C12H18N4O/c1-9-3-2-6-16(11(9)7-13)12(17)10-8-14-4-5-15-10/h4-5,8-9,11H,2-3,6-7,13H2,1H3. The summed E-state index contributed by atoms with van der Waals surface area (Å²) in [6.07, 6.45) is 6.78. The minimum absolute atomic E-state index is 0.0555. The SMILES string of the molecule is CC1CCCN(C(=O)c2cnccn2)C1CN. The number of nitrogens with two attached hydrogens (primary N) is 1. The molecule has 1 fully saturated rings. The second kappa shape index (κ2) is 5.23. The van der Waals surface area contributed by atoms with Gasteiger partial charge >= 0.3 is 0 Å². The van der Waals surface area contributed by atoms with Crippen molar-refractivity contribution in [1.29, 1.82) is 0 Å². The maximum absolute atomic E-state index is 12.3. The zero-order valence-corrected chi connectivity index (χ0v) is 10.0. The van der Waals surface area contributed by atoms with E-state index in [1.54, 1.807) is 6.20 Å². The van der Waals surface area contributed by atoms with Crippen LogP contribution >= 0.6 is 0 Å². The van der Waals surface area contributed by atoms with Crippen molar-refractivity contribution in [3.63, 3.8) is 0 Å². The van der Waals surface area contributed by atoms with Gasteiger partial charge in [0.1, 0.15) is 5.69 Å². The predicted molar refractivity (Wildman–Crippen MR) is 64.3 cm³/mol. The first-order chi connectivity index (χ1) is 8.24. The third-order valence-corrected chi connectivity index (χ3v) is 3.40. The number of likely N-dealkylation sites (tertiary alicyclic amines) is 1. The summed E-state index contributed by atoms with van der Waals surface area (Å²) < 4.78 is 0. The Morgan fingerprint density at radius 3 is 3.06 bits per heavy atom.